The molecule has 12 heteroatoms. The van der Waals surface area contributed by atoms with Gasteiger partial charge in [-0.1, -0.05) is 30.3 Å². The van der Waals surface area contributed by atoms with Crippen LogP contribution in [0.15, 0.2) is 79.3 Å². The average molecular weight is 551 g/mol. The van der Waals surface area contributed by atoms with Gasteiger partial charge in [0.2, 0.25) is 11.8 Å². The number of hydrogen-bond donors (Lipinski definition) is 1. The fraction of sp³-hybridized carbons (Fsp3) is 0.214. The summed E-state index contributed by atoms with van der Waals surface area (Å²) in [6, 6.07) is 14.9. The minimum atomic E-state index is -4.79. The van der Waals surface area contributed by atoms with E-state index in [9.17, 15) is 22.8 Å². The fourth-order valence-electron chi connectivity index (χ4n) is 4.38. The first-order valence-corrected chi connectivity index (χ1v) is 12.5. The zero-order valence-corrected chi connectivity index (χ0v) is 21.2. The van der Waals surface area contributed by atoms with Gasteiger partial charge in [0.05, 0.1) is 12.7 Å². The average Bonchev–Trinajstić information content (AvgIpc) is 3.33. The molecule has 0 saturated carbocycles. The van der Waals surface area contributed by atoms with Crippen molar-refractivity contribution in [2.45, 2.75) is 6.36 Å². The molecule has 0 unspecified atom stereocenters. The number of halogens is 3. The number of rotatable bonds is 7. The first kappa shape index (κ1) is 26.7. The lowest BCUT2D eigenvalue weighted by atomic mass is 10.1. The number of benzene rings is 2. The van der Waals surface area contributed by atoms with Gasteiger partial charge in [0.25, 0.3) is 0 Å². The molecule has 1 aliphatic rings. The van der Waals surface area contributed by atoms with Crippen molar-refractivity contribution in [3.8, 4) is 17.0 Å². The Morgan fingerprint density at radius 1 is 0.975 bits per heavy atom. The molecular formula is C28H25F3N6O3. The maximum Gasteiger partial charge on any atom is 0.573 e. The van der Waals surface area contributed by atoms with Crippen molar-refractivity contribution in [2.75, 3.05) is 38.0 Å². The van der Waals surface area contributed by atoms with E-state index >= 15 is 0 Å². The van der Waals surface area contributed by atoms with Gasteiger partial charge in [0.1, 0.15) is 17.3 Å². The zero-order chi connectivity index (χ0) is 28.1. The first-order chi connectivity index (χ1) is 19.3. The molecular weight excluding hydrogens is 525 g/mol. The summed E-state index contributed by atoms with van der Waals surface area (Å²) in [4.78, 5) is 37.6. The van der Waals surface area contributed by atoms with Gasteiger partial charge >= 0.3 is 6.36 Å². The molecule has 2 aromatic heterocycles. The van der Waals surface area contributed by atoms with E-state index in [2.05, 4.69) is 20.0 Å². The number of nitrogens with zero attached hydrogens (tertiary/aromatic N) is 5. The van der Waals surface area contributed by atoms with E-state index in [1.165, 1.54) is 30.3 Å². The molecule has 1 fully saturated rings. The molecule has 0 aliphatic carbocycles. The maximum atomic E-state index is 13.0. The van der Waals surface area contributed by atoms with E-state index in [4.69, 9.17) is 0 Å². The number of piperazine rings is 1. The van der Waals surface area contributed by atoms with E-state index in [-0.39, 0.29) is 24.1 Å². The number of alkyl halides is 3. The van der Waals surface area contributed by atoms with Crippen molar-refractivity contribution in [3.05, 3.63) is 84.8 Å². The summed E-state index contributed by atoms with van der Waals surface area (Å²) in [6.45, 7) is 1.59. The highest BCUT2D eigenvalue weighted by atomic mass is 19.4. The predicted octanol–water partition coefficient (Wildman–Crippen LogP) is 4.09. The van der Waals surface area contributed by atoms with Crippen LogP contribution in [-0.2, 0) is 9.59 Å². The molecule has 2 aromatic carbocycles. The lowest BCUT2D eigenvalue weighted by molar-refractivity contribution is -0.274. The van der Waals surface area contributed by atoms with Crippen molar-refractivity contribution in [3.63, 3.8) is 0 Å². The largest absolute Gasteiger partial charge is 0.573 e. The lowest BCUT2D eigenvalue weighted by Crippen LogP contribution is -2.51. The minimum Gasteiger partial charge on any atom is -0.406 e. The topological polar surface area (TPSA) is 92.1 Å². The normalized spacial score (nSPS) is 14.1. The van der Waals surface area contributed by atoms with Crippen LogP contribution < -0.4 is 10.1 Å². The molecule has 4 aromatic rings. The summed E-state index contributed by atoms with van der Waals surface area (Å²) < 4.78 is 43.3. The maximum absolute atomic E-state index is 13.0. The van der Waals surface area contributed by atoms with Crippen LogP contribution in [-0.4, -0.2) is 75.1 Å². The number of aromatic nitrogens is 3. The molecule has 1 N–H and O–H groups in total. The molecule has 5 rings (SSSR count). The number of fused-ring (bicyclic) bond motifs is 1. The predicted molar refractivity (Wildman–Crippen MR) is 142 cm³/mol. The summed E-state index contributed by atoms with van der Waals surface area (Å²) >= 11 is 0. The molecule has 3 heterocycles. The quantitative estimate of drug-likeness (QED) is 0.349. The van der Waals surface area contributed by atoms with Crippen LogP contribution >= 0.6 is 0 Å². The van der Waals surface area contributed by atoms with E-state index in [0.29, 0.717) is 48.9 Å². The Hall–Kier alpha value is -4.87. The monoisotopic (exact) mass is 550 g/mol. The Morgan fingerprint density at radius 2 is 1.68 bits per heavy atom. The van der Waals surface area contributed by atoms with Gasteiger partial charge in [-0.05, 0) is 35.9 Å². The van der Waals surface area contributed by atoms with Gasteiger partial charge in [0.15, 0.2) is 5.65 Å². The molecule has 9 nitrogen and oxygen atoms in total. The molecule has 0 atom stereocenters. The SMILES string of the molecule is O=C(C=Cc1ccccc1)N1CCN(C(=O)CNc2c(-c3ccc(OC(F)(F)F)cc3)nc3cnccn23)CC1. The van der Waals surface area contributed by atoms with Gasteiger partial charge in [-0.3, -0.25) is 19.0 Å². The Kier molecular flexibility index (Phi) is 7.67. The first-order valence-electron chi connectivity index (χ1n) is 12.5. The Morgan fingerprint density at radius 3 is 2.38 bits per heavy atom. The smallest absolute Gasteiger partial charge is 0.406 e. The summed E-state index contributed by atoms with van der Waals surface area (Å²) in [5.74, 6) is -0.116. The second kappa shape index (κ2) is 11.5. The minimum absolute atomic E-state index is 0.0414. The Balaban J connectivity index is 1.22. The highest BCUT2D eigenvalue weighted by Crippen LogP contribution is 2.31. The van der Waals surface area contributed by atoms with Gasteiger partial charge in [-0.25, -0.2) is 4.98 Å². The number of anilines is 1. The summed E-state index contributed by atoms with van der Waals surface area (Å²) in [7, 11) is 0. The molecule has 206 valence electrons. The molecule has 0 radical (unpaired) electrons. The van der Waals surface area contributed by atoms with E-state index < -0.39 is 6.36 Å². The second-order valence-electron chi connectivity index (χ2n) is 8.99. The van der Waals surface area contributed by atoms with Crippen LogP contribution in [0.25, 0.3) is 23.0 Å². The van der Waals surface area contributed by atoms with E-state index in [1.54, 1.807) is 38.9 Å². The standard InChI is InChI=1S/C28H25F3N6O3/c29-28(30,31)40-22-9-7-21(8-10-22)26-27(37-13-12-32-18-23(37)34-26)33-19-25(39)36-16-14-35(15-17-36)24(38)11-6-20-4-2-1-3-5-20/h1-13,18,33H,14-17,19H2. The van der Waals surface area contributed by atoms with Gasteiger partial charge in [-0.2, -0.15) is 0 Å². The third kappa shape index (κ3) is 6.40. The lowest BCUT2D eigenvalue weighted by Gasteiger charge is -2.34. The number of amides is 2. The van der Waals surface area contributed by atoms with Crippen molar-refractivity contribution < 1.29 is 27.5 Å². The number of imidazole rings is 1. The fourth-order valence-corrected chi connectivity index (χ4v) is 4.38. The molecule has 2 amide bonds. The molecule has 0 spiro atoms. The Bertz CT molecular complexity index is 1510. The van der Waals surface area contributed by atoms with Gasteiger partial charge < -0.3 is 19.9 Å². The molecule has 1 saturated heterocycles. The zero-order valence-electron chi connectivity index (χ0n) is 21.2. The van der Waals surface area contributed by atoms with Crippen LogP contribution in [0, 0.1) is 0 Å². The molecule has 1 aliphatic heterocycles. The summed E-state index contributed by atoms with van der Waals surface area (Å²) in [5, 5.41) is 3.14. The number of carbonyl (C=O) groups excluding carboxylic acids is 2. The number of nitrogens with one attached hydrogen (secondary N) is 1. The van der Waals surface area contributed by atoms with Crippen molar-refractivity contribution in [1.82, 2.24) is 24.2 Å². The van der Waals surface area contributed by atoms with E-state index in [1.807, 2.05) is 30.3 Å². The number of ether oxygens (including phenoxy) is 1. The van der Waals surface area contributed by atoms with Crippen molar-refractivity contribution in [2.24, 2.45) is 0 Å². The highest BCUT2D eigenvalue weighted by molar-refractivity contribution is 5.92. The van der Waals surface area contributed by atoms with Crippen molar-refractivity contribution >= 4 is 29.4 Å². The van der Waals surface area contributed by atoms with Crippen LogP contribution in [0.2, 0.25) is 0 Å². The van der Waals surface area contributed by atoms with E-state index in [0.717, 1.165) is 5.56 Å². The van der Waals surface area contributed by atoms with Gasteiger partial charge in [-0.15, -0.1) is 13.2 Å². The van der Waals surface area contributed by atoms with Crippen LogP contribution in [0.5, 0.6) is 5.75 Å². The Labute approximate surface area is 227 Å². The molecule has 40 heavy (non-hydrogen) atoms. The highest BCUT2D eigenvalue weighted by Gasteiger charge is 2.31. The summed E-state index contributed by atoms with van der Waals surface area (Å²) in [5.41, 5.74) is 2.41. The number of hydrogen-bond acceptors (Lipinski definition) is 6. The van der Waals surface area contributed by atoms with Crippen LogP contribution in [0.1, 0.15) is 5.56 Å². The third-order valence-electron chi connectivity index (χ3n) is 6.36. The number of carbonyl (C=O) groups is 2. The second-order valence-corrected chi connectivity index (χ2v) is 8.99. The van der Waals surface area contributed by atoms with Crippen LogP contribution in [0.4, 0.5) is 19.0 Å². The van der Waals surface area contributed by atoms with Crippen LogP contribution in [0.3, 0.4) is 0 Å². The molecule has 0 bridgehead atoms. The third-order valence-corrected chi connectivity index (χ3v) is 6.36. The van der Waals surface area contributed by atoms with Gasteiger partial charge in [0, 0.05) is 50.2 Å². The summed E-state index contributed by atoms with van der Waals surface area (Å²) in [6.07, 6.45) is 3.29. The van der Waals surface area contributed by atoms with Crippen molar-refractivity contribution in [1.29, 1.82) is 0 Å².